The number of nitrogens with zero attached hydrogens (tertiary/aromatic N) is 1. The summed E-state index contributed by atoms with van der Waals surface area (Å²) in [6.45, 7) is 1.78. The molecule has 1 atom stereocenters. The van der Waals surface area contributed by atoms with Gasteiger partial charge in [-0.05, 0) is 66.3 Å². The van der Waals surface area contributed by atoms with E-state index in [1.807, 2.05) is 0 Å². The van der Waals surface area contributed by atoms with Gasteiger partial charge in [0.05, 0.1) is 11.5 Å². The van der Waals surface area contributed by atoms with E-state index in [1.54, 1.807) is 24.3 Å². The van der Waals surface area contributed by atoms with Crippen molar-refractivity contribution in [2.75, 3.05) is 32.8 Å². The Kier molecular flexibility index (Phi) is 10.0. The van der Waals surface area contributed by atoms with Gasteiger partial charge in [-0.25, -0.2) is 8.42 Å². The molecule has 1 amide bonds. The molecule has 1 aliphatic carbocycles. The molecule has 5 rings (SSSR count). The monoisotopic (exact) mass is 631 g/mol. The van der Waals surface area contributed by atoms with Crippen LogP contribution in [-0.2, 0) is 20.7 Å². The van der Waals surface area contributed by atoms with Crippen molar-refractivity contribution in [2.45, 2.75) is 49.0 Å². The minimum atomic E-state index is -4.50. The zero-order chi connectivity index (χ0) is 30.5. The predicted octanol–water partition coefficient (Wildman–Crippen LogP) is 5.84. The summed E-state index contributed by atoms with van der Waals surface area (Å²) in [7, 11) is -4.50. The van der Waals surface area contributed by atoms with E-state index in [9.17, 15) is 13.2 Å². The minimum Gasteiger partial charge on any atom is -0.493 e. The standard InChI is InChI=1S/C32H36ClF2N3O4S/c33-27-12-8-25(9-13-27)24-6-10-26(11-7-24)32(34,35)30(31(39)38-20-18-36-19-21-38)37-43(40,41)29-16-14-28(15-17-29)42-22-23-4-2-1-3-5-23/h6-17,23,30,36-37H,1-5,18-22H2/t30-/m1/s1. The lowest BCUT2D eigenvalue weighted by Gasteiger charge is -2.34. The molecule has 7 nitrogen and oxygen atoms in total. The highest BCUT2D eigenvalue weighted by atomic mass is 35.5. The summed E-state index contributed by atoms with van der Waals surface area (Å²) in [6.07, 6.45) is 5.82. The van der Waals surface area contributed by atoms with Gasteiger partial charge in [-0.1, -0.05) is 67.3 Å². The maximum absolute atomic E-state index is 16.2. The highest BCUT2D eigenvalue weighted by molar-refractivity contribution is 7.89. The summed E-state index contributed by atoms with van der Waals surface area (Å²) in [4.78, 5) is 14.5. The first-order chi connectivity index (χ1) is 20.6. The van der Waals surface area contributed by atoms with Gasteiger partial charge in [0.1, 0.15) is 5.75 Å². The highest BCUT2D eigenvalue weighted by Gasteiger charge is 2.49. The van der Waals surface area contributed by atoms with Crippen LogP contribution in [0.15, 0.2) is 77.7 Å². The molecule has 11 heteroatoms. The molecule has 1 heterocycles. The van der Waals surface area contributed by atoms with Gasteiger partial charge in [0.15, 0.2) is 6.04 Å². The van der Waals surface area contributed by atoms with Crippen molar-refractivity contribution in [3.63, 3.8) is 0 Å². The van der Waals surface area contributed by atoms with Crippen molar-refractivity contribution in [1.82, 2.24) is 14.9 Å². The second-order valence-electron chi connectivity index (χ2n) is 11.1. The van der Waals surface area contributed by atoms with Crippen LogP contribution in [-0.4, -0.2) is 58.1 Å². The van der Waals surface area contributed by atoms with Crippen molar-refractivity contribution in [2.24, 2.45) is 5.92 Å². The number of benzene rings is 3. The average Bonchev–Trinajstić information content (AvgIpc) is 3.04. The van der Waals surface area contributed by atoms with E-state index in [0.717, 1.165) is 18.4 Å². The highest BCUT2D eigenvalue weighted by Crippen LogP contribution is 2.35. The first kappa shape index (κ1) is 31.4. The van der Waals surface area contributed by atoms with E-state index < -0.39 is 33.5 Å². The van der Waals surface area contributed by atoms with E-state index in [4.69, 9.17) is 16.3 Å². The Morgan fingerprint density at radius 1 is 0.930 bits per heavy atom. The fourth-order valence-corrected chi connectivity index (χ4v) is 6.86. The van der Waals surface area contributed by atoms with Crippen molar-refractivity contribution in [3.8, 4) is 16.9 Å². The van der Waals surface area contributed by atoms with E-state index >= 15 is 8.78 Å². The molecule has 0 spiro atoms. The third-order valence-corrected chi connectivity index (χ3v) is 9.79. The fourth-order valence-electron chi connectivity index (χ4n) is 5.55. The summed E-state index contributed by atoms with van der Waals surface area (Å²) in [5.41, 5.74) is 0.972. The molecule has 1 saturated carbocycles. The van der Waals surface area contributed by atoms with Gasteiger partial charge in [-0.15, -0.1) is 0 Å². The third kappa shape index (κ3) is 7.73. The molecule has 2 N–H and O–H groups in total. The van der Waals surface area contributed by atoms with E-state index in [-0.39, 0.29) is 18.0 Å². The van der Waals surface area contributed by atoms with Crippen LogP contribution in [0.25, 0.3) is 11.1 Å². The molecule has 0 radical (unpaired) electrons. The molecule has 2 aliphatic rings. The zero-order valence-electron chi connectivity index (χ0n) is 23.8. The Morgan fingerprint density at radius 3 is 2.12 bits per heavy atom. The van der Waals surface area contributed by atoms with E-state index in [1.165, 1.54) is 72.7 Å². The molecular formula is C32H36ClF2N3O4S. The van der Waals surface area contributed by atoms with Crippen LogP contribution in [0, 0.1) is 5.92 Å². The molecule has 3 aromatic carbocycles. The van der Waals surface area contributed by atoms with Gasteiger partial charge >= 0.3 is 0 Å². The number of alkyl halides is 2. The number of hydrogen-bond donors (Lipinski definition) is 2. The molecule has 230 valence electrons. The van der Waals surface area contributed by atoms with Crippen LogP contribution >= 0.6 is 11.6 Å². The van der Waals surface area contributed by atoms with Crippen molar-refractivity contribution >= 4 is 27.5 Å². The number of amides is 1. The normalized spacial score (nSPS) is 17.4. The first-order valence-corrected chi connectivity index (χ1v) is 16.5. The lowest BCUT2D eigenvalue weighted by Crippen LogP contribution is -2.59. The molecule has 1 aliphatic heterocycles. The lowest BCUT2D eigenvalue weighted by molar-refractivity contribution is -0.144. The van der Waals surface area contributed by atoms with Gasteiger partial charge in [0.25, 0.3) is 5.92 Å². The van der Waals surface area contributed by atoms with Gasteiger partial charge in [0, 0.05) is 36.8 Å². The van der Waals surface area contributed by atoms with Crippen LogP contribution in [0.4, 0.5) is 8.78 Å². The first-order valence-electron chi connectivity index (χ1n) is 14.6. The number of nitrogens with one attached hydrogen (secondary N) is 2. The third-order valence-electron chi connectivity index (χ3n) is 8.10. The molecule has 0 aromatic heterocycles. The largest absolute Gasteiger partial charge is 0.493 e. The quantitative estimate of drug-likeness (QED) is 0.294. The Balaban J connectivity index is 1.36. The molecule has 1 saturated heterocycles. The van der Waals surface area contributed by atoms with E-state index in [0.29, 0.717) is 41.9 Å². The van der Waals surface area contributed by atoms with Crippen LogP contribution in [0.2, 0.25) is 5.02 Å². The SMILES string of the molecule is O=C([C@@H](NS(=O)(=O)c1ccc(OCC2CCCCC2)cc1)C(F)(F)c1ccc(-c2ccc(Cl)cc2)cc1)N1CCNCC1. The Labute approximate surface area is 256 Å². The van der Waals surface area contributed by atoms with Gasteiger partial charge in [-0.2, -0.15) is 13.5 Å². The van der Waals surface area contributed by atoms with Gasteiger partial charge in [-0.3, -0.25) is 4.79 Å². The predicted molar refractivity (Wildman–Crippen MR) is 163 cm³/mol. The van der Waals surface area contributed by atoms with Crippen molar-refractivity contribution in [1.29, 1.82) is 0 Å². The maximum atomic E-state index is 16.2. The molecule has 0 unspecified atom stereocenters. The number of halogens is 3. The molecule has 0 bridgehead atoms. The lowest BCUT2D eigenvalue weighted by atomic mass is 9.90. The van der Waals surface area contributed by atoms with Crippen molar-refractivity contribution in [3.05, 3.63) is 83.4 Å². The summed E-state index contributed by atoms with van der Waals surface area (Å²) in [5, 5.41) is 3.63. The smallest absolute Gasteiger partial charge is 0.298 e. The zero-order valence-corrected chi connectivity index (χ0v) is 25.3. The van der Waals surface area contributed by atoms with Crippen LogP contribution in [0.3, 0.4) is 0 Å². The summed E-state index contributed by atoms with van der Waals surface area (Å²) in [5.74, 6) is -3.86. The van der Waals surface area contributed by atoms with Crippen LogP contribution < -0.4 is 14.8 Å². The summed E-state index contributed by atoms with van der Waals surface area (Å²) < 4.78 is 67.1. The number of carbonyl (C=O) groups excluding carboxylic acids is 1. The molecule has 43 heavy (non-hydrogen) atoms. The fraction of sp³-hybridized carbons (Fsp3) is 0.406. The molecule has 2 fully saturated rings. The second-order valence-corrected chi connectivity index (χ2v) is 13.3. The average molecular weight is 632 g/mol. The Bertz CT molecular complexity index is 1470. The minimum absolute atomic E-state index is 0.190. The van der Waals surface area contributed by atoms with Gasteiger partial charge in [0.2, 0.25) is 15.9 Å². The number of rotatable bonds is 10. The number of ether oxygens (including phenoxy) is 1. The maximum Gasteiger partial charge on any atom is 0.298 e. The number of piperazine rings is 1. The number of sulfonamides is 1. The summed E-state index contributed by atoms with van der Waals surface area (Å²) >= 11 is 5.96. The summed E-state index contributed by atoms with van der Waals surface area (Å²) in [6, 6.07) is 15.7. The van der Waals surface area contributed by atoms with Crippen LogP contribution in [0.5, 0.6) is 5.75 Å². The van der Waals surface area contributed by atoms with Crippen LogP contribution in [0.1, 0.15) is 37.7 Å². The van der Waals surface area contributed by atoms with Crippen molar-refractivity contribution < 1.29 is 26.7 Å². The molecular weight excluding hydrogens is 596 g/mol. The van der Waals surface area contributed by atoms with E-state index in [2.05, 4.69) is 10.0 Å². The van der Waals surface area contributed by atoms with Gasteiger partial charge < -0.3 is 15.0 Å². The molecule has 3 aromatic rings. The second kappa shape index (κ2) is 13.7. The Hall–Kier alpha value is -3.05. The topological polar surface area (TPSA) is 87.7 Å². The Morgan fingerprint density at radius 2 is 1.51 bits per heavy atom. The number of carbonyl (C=O) groups is 1. The number of hydrogen-bond acceptors (Lipinski definition) is 5.